The summed E-state index contributed by atoms with van der Waals surface area (Å²) in [5, 5.41) is 13.4. The van der Waals surface area contributed by atoms with Gasteiger partial charge in [0, 0.05) is 29.9 Å². The molecule has 0 atom stereocenters. The zero-order chi connectivity index (χ0) is 18.4. The lowest BCUT2D eigenvalue weighted by atomic mass is 10.0. The van der Waals surface area contributed by atoms with Crippen LogP contribution in [-0.2, 0) is 6.54 Å². The van der Waals surface area contributed by atoms with Crippen LogP contribution in [0.4, 0.5) is 0 Å². The van der Waals surface area contributed by atoms with Crippen molar-refractivity contribution in [3.8, 4) is 11.5 Å². The van der Waals surface area contributed by atoms with Crippen molar-refractivity contribution < 1.29 is 24.0 Å². The van der Waals surface area contributed by atoms with Crippen molar-refractivity contribution in [2.75, 3.05) is 13.1 Å². The first kappa shape index (κ1) is 16.1. The highest BCUT2D eigenvalue weighted by Crippen LogP contribution is 2.38. The Balaban J connectivity index is 1.50. The fraction of sp³-hybridized carbons (Fsp3) is 0.227. The summed E-state index contributed by atoms with van der Waals surface area (Å²) < 4.78 is 11.6. The second kappa shape index (κ2) is 6.28. The molecule has 0 saturated carbocycles. The normalized spacial score (nSPS) is 18.4. The van der Waals surface area contributed by atoms with Gasteiger partial charge in [0.1, 0.15) is 23.6 Å². The Kier molecular flexibility index (Phi) is 3.76. The molecule has 1 N–H and O–H groups in total. The molecule has 0 aliphatic carbocycles. The molecule has 2 aliphatic rings. The third-order valence-electron chi connectivity index (χ3n) is 5.35. The van der Waals surface area contributed by atoms with E-state index in [2.05, 4.69) is 0 Å². The Bertz CT molecular complexity index is 1040. The summed E-state index contributed by atoms with van der Waals surface area (Å²) in [5.74, 6) is 0.914. The minimum absolute atomic E-state index is 0.0639. The summed E-state index contributed by atoms with van der Waals surface area (Å²) in [6.07, 6.45) is 3.96. The van der Waals surface area contributed by atoms with Crippen molar-refractivity contribution in [2.45, 2.75) is 19.4 Å². The summed E-state index contributed by atoms with van der Waals surface area (Å²) in [6, 6.07) is 12.6. The SMILES string of the molecule is O=C1/C(=C/c2cc3ccccc3o2)Oc2c1ccc([O-])c2C[NH+]1CCCC1. The van der Waals surface area contributed by atoms with Gasteiger partial charge in [0.2, 0.25) is 5.78 Å². The molecule has 0 bridgehead atoms. The Hall–Kier alpha value is -3.05. The van der Waals surface area contributed by atoms with Crippen LogP contribution in [0, 0.1) is 0 Å². The van der Waals surface area contributed by atoms with Crippen LogP contribution in [0.25, 0.3) is 17.0 Å². The van der Waals surface area contributed by atoms with Gasteiger partial charge in [-0.1, -0.05) is 30.0 Å². The van der Waals surface area contributed by atoms with Crippen molar-refractivity contribution in [3.63, 3.8) is 0 Å². The summed E-state index contributed by atoms with van der Waals surface area (Å²) in [6.45, 7) is 2.71. The van der Waals surface area contributed by atoms with E-state index in [9.17, 15) is 9.90 Å². The summed E-state index contributed by atoms with van der Waals surface area (Å²) >= 11 is 0. The molecule has 0 unspecified atom stereocenters. The molecule has 0 amide bonds. The third kappa shape index (κ3) is 2.80. The van der Waals surface area contributed by atoms with E-state index in [1.165, 1.54) is 23.8 Å². The molecule has 27 heavy (non-hydrogen) atoms. The van der Waals surface area contributed by atoms with E-state index in [1.54, 1.807) is 12.1 Å². The van der Waals surface area contributed by atoms with E-state index in [0.717, 1.165) is 24.1 Å². The number of ketones is 1. The van der Waals surface area contributed by atoms with Crippen LogP contribution < -0.4 is 14.7 Å². The number of hydrogen-bond donors (Lipinski definition) is 1. The standard InChI is InChI=1S/C22H19NO4/c24-18-8-7-16-21(25)20(12-15-11-14-5-1-2-6-19(14)26-15)27-22(16)17(18)13-23-9-3-4-10-23/h1-2,5-8,11-12,24H,3-4,9-10,13H2/b20-12-. The minimum atomic E-state index is -0.205. The highest BCUT2D eigenvalue weighted by Gasteiger charge is 2.31. The van der Waals surface area contributed by atoms with E-state index < -0.39 is 0 Å². The van der Waals surface area contributed by atoms with Crippen molar-refractivity contribution in [1.82, 2.24) is 0 Å². The molecule has 2 aliphatic heterocycles. The van der Waals surface area contributed by atoms with Crippen LogP contribution in [0.5, 0.6) is 11.5 Å². The van der Waals surface area contributed by atoms with Gasteiger partial charge >= 0.3 is 0 Å². The summed E-state index contributed by atoms with van der Waals surface area (Å²) in [5.41, 5.74) is 1.82. The van der Waals surface area contributed by atoms with Crippen molar-refractivity contribution >= 4 is 22.8 Å². The molecule has 3 aromatic rings. The number of carbonyl (C=O) groups is 1. The first-order valence-corrected chi connectivity index (χ1v) is 9.28. The van der Waals surface area contributed by atoms with Crippen LogP contribution in [0.1, 0.15) is 34.5 Å². The topological polar surface area (TPSA) is 66.9 Å². The number of fused-ring (bicyclic) bond motifs is 2. The van der Waals surface area contributed by atoms with Gasteiger partial charge < -0.3 is 19.2 Å². The second-order valence-corrected chi connectivity index (χ2v) is 7.18. The third-order valence-corrected chi connectivity index (χ3v) is 5.35. The molecule has 1 aromatic heterocycles. The van der Waals surface area contributed by atoms with Gasteiger partial charge in [-0.2, -0.15) is 0 Å². The number of quaternary nitrogens is 1. The number of Topliss-reactive ketones (excluding diaryl/α,β-unsaturated/α-hetero) is 1. The monoisotopic (exact) mass is 361 g/mol. The number of nitrogens with one attached hydrogen (secondary N) is 1. The zero-order valence-electron chi connectivity index (χ0n) is 14.8. The van der Waals surface area contributed by atoms with Crippen molar-refractivity contribution in [3.05, 3.63) is 65.1 Å². The largest absolute Gasteiger partial charge is 0.872 e. The van der Waals surface area contributed by atoms with Crippen LogP contribution in [-0.4, -0.2) is 18.9 Å². The summed E-state index contributed by atoms with van der Waals surface area (Å²) in [7, 11) is 0. The molecule has 5 nitrogen and oxygen atoms in total. The number of hydrogen-bond acceptors (Lipinski definition) is 4. The van der Waals surface area contributed by atoms with Gasteiger partial charge in [0.25, 0.3) is 0 Å². The van der Waals surface area contributed by atoms with Gasteiger partial charge in [0.05, 0.1) is 18.7 Å². The molecule has 1 saturated heterocycles. The van der Waals surface area contributed by atoms with E-state index in [-0.39, 0.29) is 17.3 Å². The van der Waals surface area contributed by atoms with Gasteiger partial charge in [-0.3, -0.25) is 4.79 Å². The fourth-order valence-electron chi connectivity index (χ4n) is 3.96. The Labute approximate surface area is 156 Å². The molecular formula is C22H19NO4. The predicted octanol–water partition coefficient (Wildman–Crippen LogP) is 2.30. The van der Waals surface area contributed by atoms with Crippen LogP contribution in [0.2, 0.25) is 0 Å². The highest BCUT2D eigenvalue weighted by molar-refractivity contribution is 6.14. The molecule has 136 valence electrons. The number of allylic oxidation sites excluding steroid dienone is 1. The molecule has 1 fully saturated rings. The molecule has 2 aromatic carbocycles. The van der Waals surface area contributed by atoms with Crippen molar-refractivity contribution in [1.29, 1.82) is 0 Å². The first-order valence-electron chi connectivity index (χ1n) is 9.28. The predicted molar refractivity (Wildman–Crippen MR) is 98.7 cm³/mol. The smallest absolute Gasteiger partial charge is 0.232 e. The van der Waals surface area contributed by atoms with Gasteiger partial charge in [-0.15, -0.1) is 0 Å². The minimum Gasteiger partial charge on any atom is -0.872 e. The van der Waals surface area contributed by atoms with Crippen LogP contribution in [0.15, 0.2) is 52.6 Å². The Morgan fingerprint density at radius 3 is 2.74 bits per heavy atom. The molecule has 3 heterocycles. The first-order chi connectivity index (χ1) is 13.2. The van der Waals surface area contributed by atoms with E-state index in [4.69, 9.17) is 9.15 Å². The van der Waals surface area contributed by atoms with E-state index in [0.29, 0.717) is 29.2 Å². The average Bonchev–Trinajstić information content (AvgIpc) is 3.38. The molecule has 0 radical (unpaired) electrons. The lowest BCUT2D eigenvalue weighted by molar-refractivity contribution is -0.901. The molecule has 5 heteroatoms. The van der Waals surface area contributed by atoms with Gasteiger partial charge in [-0.25, -0.2) is 0 Å². The number of furan rings is 1. The molecule has 0 spiro atoms. The number of ether oxygens (including phenoxy) is 1. The fourth-order valence-corrected chi connectivity index (χ4v) is 3.96. The maximum Gasteiger partial charge on any atom is 0.232 e. The highest BCUT2D eigenvalue weighted by atomic mass is 16.5. The number of likely N-dealkylation sites (tertiary alicyclic amines) is 1. The van der Waals surface area contributed by atoms with Crippen LogP contribution >= 0.6 is 0 Å². The van der Waals surface area contributed by atoms with Crippen LogP contribution in [0.3, 0.4) is 0 Å². The number of benzene rings is 2. The quantitative estimate of drug-likeness (QED) is 0.727. The Morgan fingerprint density at radius 2 is 1.93 bits per heavy atom. The molecular weight excluding hydrogens is 342 g/mol. The number of para-hydroxylation sites is 1. The van der Waals surface area contributed by atoms with E-state index >= 15 is 0 Å². The second-order valence-electron chi connectivity index (χ2n) is 7.18. The summed E-state index contributed by atoms with van der Waals surface area (Å²) in [4.78, 5) is 14.1. The molecule has 5 rings (SSSR count). The lowest BCUT2D eigenvalue weighted by Crippen LogP contribution is -3.08. The number of rotatable bonds is 3. The van der Waals surface area contributed by atoms with Crippen molar-refractivity contribution in [2.24, 2.45) is 0 Å². The van der Waals surface area contributed by atoms with E-state index in [1.807, 2.05) is 30.3 Å². The zero-order valence-corrected chi connectivity index (χ0v) is 14.8. The number of carbonyl (C=O) groups excluding carboxylic acids is 1. The average molecular weight is 361 g/mol. The maximum absolute atomic E-state index is 12.8. The maximum atomic E-state index is 12.8. The lowest BCUT2D eigenvalue weighted by Gasteiger charge is -2.19. The van der Waals surface area contributed by atoms with Gasteiger partial charge in [-0.05, 0) is 18.2 Å². The van der Waals surface area contributed by atoms with Gasteiger partial charge in [0.15, 0.2) is 5.76 Å². The Morgan fingerprint density at radius 1 is 1.11 bits per heavy atom.